The predicted octanol–water partition coefficient (Wildman–Crippen LogP) is 2.67. The minimum Gasteiger partial charge on any atom is -0.347 e. The average molecular weight is 197 g/mol. The molecular weight excluding hydrogens is 182 g/mol. The maximum absolute atomic E-state index is 11.6. The quantitative estimate of drug-likeness (QED) is 0.793. The van der Waals surface area contributed by atoms with Crippen LogP contribution in [0, 0.1) is 0 Å². The van der Waals surface area contributed by atoms with E-state index in [0.717, 1.165) is 12.0 Å². The van der Waals surface area contributed by atoms with E-state index in [1.807, 2.05) is 30.7 Å². The molecule has 0 aromatic carbocycles. The van der Waals surface area contributed by atoms with Gasteiger partial charge in [-0.3, -0.25) is 4.79 Å². The molecule has 0 spiro atoms. The van der Waals surface area contributed by atoms with Gasteiger partial charge < -0.3 is 5.32 Å². The fourth-order valence-corrected chi connectivity index (χ4v) is 1.50. The SMILES string of the molecule is CCC(C)(C)NC(=O)c1ccsc1. The van der Waals surface area contributed by atoms with Crippen LogP contribution >= 0.6 is 11.3 Å². The van der Waals surface area contributed by atoms with Crippen LogP contribution in [-0.2, 0) is 0 Å². The number of hydrogen-bond donors (Lipinski definition) is 1. The van der Waals surface area contributed by atoms with E-state index in [2.05, 4.69) is 12.2 Å². The highest BCUT2D eigenvalue weighted by atomic mass is 32.1. The van der Waals surface area contributed by atoms with Crippen LogP contribution in [0.25, 0.3) is 0 Å². The van der Waals surface area contributed by atoms with Gasteiger partial charge >= 0.3 is 0 Å². The molecule has 0 saturated carbocycles. The molecule has 3 heteroatoms. The minimum atomic E-state index is -0.112. The second-order valence-electron chi connectivity index (χ2n) is 3.70. The van der Waals surface area contributed by atoms with Crippen molar-refractivity contribution in [1.82, 2.24) is 5.32 Å². The molecule has 1 heterocycles. The van der Waals surface area contributed by atoms with Crippen LogP contribution in [0.3, 0.4) is 0 Å². The number of carbonyl (C=O) groups excluding carboxylic acids is 1. The maximum atomic E-state index is 11.6. The first kappa shape index (κ1) is 10.3. The highest BCUT2D eigenvalue weighted by molar-refractivity contribution is 7.08. The summed E-state index contributed by atoms with van der Waals surface area (Å²) in [6.07, 6.45) is 0.933. The lowest BCUT2D eigenvalue weighted by atomic mass is 10.0. The fraction of sp³-hybridized carbons (Fsp3) is 0.500. The number of rotatable bonds is 3. The molecule has 0 aliphatic rings. The number of nitrogens with one attached hydrogen (secondary N) is 1. The second kappa shape index (κ2) is 3.92. The van der Waals surface area contributed by atoms with E-state index in [-0.39, 0.29) is 11.4 Å². The van der Waals surface area contributed by atoms with E-state index in [1.165, 1.54) is 0 Å². The number of thiophene rings is 1. The third-order valence-electron chi connectivity index (χ3n) is 2.12. The monoisotopic (exact) mass is 197 g/mol. The molecule has 0 aliphatic heterocycles. The molecule has 0 unspecified atom stereocenters. The highest BCUT2D eigenvalue weighted by Gasteiger charge is 2.18. The Hall–Kier alpha value is -0.830. The van der Waals surface area contributed by atoms with Crippen LogP contribution in [0.15, 0.2) is 16.8 Å². The summed E-state index contributed by atoms with van der Waals surface area (Å²) >= 11 is 1.54. The largest absolute Gasteiger partial charge is 0.347 e. The van der Waals surface area contributed by atoms with Crippen molar-refractivity contribution in [1.29, 1.82) is 0 Å². The summed E-state index contributed by atoms with van der Waals surface area (Å²) in [5.74, 6) is 0.0214. The molecule has 1 rings (SSSR count). The number of amides is 1. The summed E-state index contributed by atoms with van der Waals surface area (Å²) in [5, 5.41) is 6.75. The van der Waals surface area contributed by atoms with Crippen molar-refractivity contribution in [3.8, 4) is 0 Å². The Labute approximate surface area is 83.0 Å². The average Bonchev–Trinajstić information content (AvgIpc) is 2.55. The molecule has 1 N–H and O–H groups in total. The highest BCUT2D eigenvalue weighted by Crippen LogP contribution is 2.11. The molecule has 2 nitrogen and oxygen atoms in total. The van der Waals surface area contributed by atoms with E-state index >= 15 is 0 Å². The van der Waals surface area contributed by atoms with Crippen LogP contribution in [0.1, 0.15) is 37.6 Å². The van der Waals surface area contributed by atoms with Crippen LogP contribution < -0.4 is 5.32 Å². The third kappa shape index (κ3) is 2.84. The van der Waals surface area contributed by atoms with Gasteiger partial charge in [0.1, 0.15) is 0 Å². The van der Waals surface area contributed by atoms with Gasteiger partial charge in [-0.1, -0.05) is 6.92 Å². The van der Waals surface area contributed by atoms with Crippen molar-refractivity contribution in [3.63, 3.8) is 0 Å². The van der Waals surface area contributed by atoms with Crippen LogP contribution in [0.4, 0.5) is 0 Å². The van der Waals surface area contributed by atoms with Gasteiger partial charge in [-0.25, -0.2) is 0 Å². The molecule has 0 saturated heterocycles. The number of hydrogen-bond acceptors (Lipinski definition) is 2. The van der Waals surface area contributed by atoms with Gasteiger partial charge in [-0.15, -0.1) is 0 Å². The Morgan fingerprint density at radius 2 is 2.31 bits per heavy atom. The molecule has 0 fully saturated rings. The van der Waals surface area contributed by atoms with Gasteiger partial charge in [-0.2, -0.15) is 11.3 Å². The molecule has 0 bridgehead atoms. The van der Waals surface area contributed by atoms with E-state index in [0.29, 0.717) is 0 Å². The van der Waals surface area contributed by atoms with Gasteiger partial charge in [-0.05, 0) is 31.7 Å². The van der Waals surface area contributed by atoms with Gasteiger partial charge in [0.2, 0.25) is 0 Å². The molecule has 1 aromatic heterocycles. The zero-order valence-electron chi connectivity index (χ0n) is 8.26. The summed E-state index contributed by atoms with van der Waals surface area (Å²) in [5.41, 5.74) is 0.644. The van der Waals surface area contributed by atoms with Crippen molar-refractivity contribution in [3.05, 3.63) is 22.4 Å². The molecule has 13 heavy (non-hydrogen) atoms. The first-order valence-corrected chi connectivity index (χ1v) is 5.34. The van der Waals surface area contributed by atoms with E-state index < -0.39 is 0 Å². The number of carbonyl (C=O) groups is 1. The summed E-state index contributed by atoms with van der Waals surface area (Å²) < 4.78 is 0. The summed E-state index contributed by atoms with van der Waals surface area (Å²) in [4.78, 5) is 11.6. The lowest BCUT2D eigenvalue weighted by molar-refractivity contribution is 0.0912. The van der Waals surface area contributed by atoms with E-state index in [4.69, 9.17) is 0 Å². The van der Waals surface area contributed by atoms with Gasteiger partial charge in [0.05, 0.1) is 5.56 Å². The Bertz CT molecular complexity index is 277. The van der Waals surface area contributed by atoms with Gasteiger partial charge in [0.25, 0.3) is 5.91 Å². The van der Waals surface area contributed by atoms with Gasteiger partial charge in [0.15, 0.2) is 0 Å². The Kier molecular flexibility index (Phi) is 3.09. The Balaban J connectivity index is 2.61. The zero-order valence-corrected chi connectivity index (χ0v) is 9.07. The van der Waals surface area contributed by atoms with Crippen LogP contribution in [-0.4, -0.2) is 11.4 Å². The van der Waals surface area contributed by atoms with Crippen LogP contribution in [0.2, 0.25) is 0 Å². The second-order valence-corrected chi connectivity index (χ2v) is 4.48. The van der Waals surface area contributed by atoms with Crippen molar-refractivity contribution in [2.75, 3.05) is 0 Å². The zero-order chi connectivity index (χ0) is 9.90. The molecule has 0 aliphatic carbocycles. The van der Waals surface area contributed by atoms with Crippen molar-refractivity contribution in [2.24, 2.45) is 0 Å². The fourth-order valence-electron chi connectivity index (χ4n) is 0.862. The normalized spacial score (nSPS) is 11.3. The molecule has 72 valence electrons. The molecule has 1 aromatic rings. The lowest BCUT2D eigenvalue weighted by Gasteiger charge is -2.24. The van der Waals surface area contributed by atoms with E-state index in [9.17, 15) is 4.79 Å². The van der Waals surface area contributed by atoms with Gasteiger partial charge in [0, 0.05) is 10.9 Å². The Morgan fingerprint density at radius 3 is 2.77 bits per heavy atom. The Morgan fingerprint density at radius 1 is 1.62 bits per heavy atom. The van der Waals surface area contributed by atoms with Crippen molar-refractivity contribution >= 4 is 17.2 Å². The van der Waals surface area contributed by atoms with Crippen molar-refractivity contribution < 1.29 is 4.79 Å². The summed E-state index contributed by atoms with van der Waals surface area (Å²) in [7, 11) is 0. The molecule has 0 radical (unpaired) electrons. The van der Waals surface area contributed by atoms with Crippen LogP contribution in [0.5, 0.6) is 0 Å². The molecular formula is C10H15NOS. The smallest absolute Gasteiger partial charge is 0.252 e. The topological polar surface area (TPSA) is 29.1 Å². The lowest BCUT2D eigenvalue weighted by Crippen LogP contribution is -2.42. The first-order chi connectivity index (χ1) is 6.05. The summed E-state index contributed by atoms with van der Waals surface area (Å²) in [6.45, 7) is 6.11. The maximum Gasteiger partial charge on any atom is 0.252 e. The molecule has 1 amide bonds. The van der Waals surface area contributed by atoms with Crippen molar-refractivity contribution in [2.45, 2.75) is 32.7 Å². The van der Waals surface area contributed by atoms with E-state index in [1.54, 1.807) is 11.3 Å². The standard InChI is InChI=1S/C10H15NOS/c1-4-10(2,3)11-9(12)8-5-6-13-7-8/h5-7H,4H2,1-3H3,(H,11,12). The third-order valence-corrected chi connectivity index (χ3v) is 2.80. The molecule has 0 atom stereocenters. The summed E-state index contributed by atoms with van der Waals surface area (Å²) in [6, 6.07) is 1.84. The predicted molar refractivity (Wildman–Crippen MR) is 56.2 cm³/mol. The minimum absolute atomic E-state index is 0.0214. The first-order valence-electron chi connectivity index (χ1n) is 4.40.